The standard InChI is InChI=1S/C19H25NO5/c1-4-5-11-16-17(24-13(2)21)18(25-14(3)22)19(23)20(16)12-15-9-7-6-8-10-15/h6-10,16-18H,4-5,11-12H2,1-3H3/t16?,17-,18+/m0/s1. The van der Waals surface area contributed by atoms with Crippen LogP contribution in [0.1, 0.15) is 45.6 Å². The maximum atomic E-state index is 12.9. The van der Waals surface area contributed by atoms with Crippen molar-refractivity contribution in [3.05, 3.63) is 35.9 Å². The molecule has 1 aliphatic rings. The summed E-state index contributed by atoms with van der Waals surface area (Å²) in [5.41, 5.74) is 0.974. The van der Waals surface area contributed by atoms with Crippen molar-refractivity contribution >= 4 is 17.8 Å². The summed E-state index contributed by atoms with van der Waals surface area (Å²) >= 11 is 0. The molecule has 6 nitrogen and oxygen atoms in total. The zero-order valence-corrected chi connectivity index (χ0v) is 14.9. The number of esters is 2. The van der Waals surface area contributed by atoms with Crippen LogP contribution in [0.3, 0.4) is 0 Å². The lowest BCUT2D eigenvalue weighted by Crippen LogP contribution is -2.39. The van der Waals surface area contributed by atoms with Crippen LogP contribution in [0.5, 0.6) is 0 Å². The number of carbonyl (C=O) groups is 3. The monoisotopic (exact) mass is 347 g/mol. The lowest BCUT2D eigenvalue weighted by Gasteiger charge is -2.27. The van der Waals surface area contributed by atoms with Crippen LogP contribution in [0.25, 0.3) is 0 Å². The predicted octanol–water partition coefficient (Wildman–Crippen LogP) is 2.45. The van der Waals surface area contributed by atoms with E-state index in [1.807, 2.05) is 30.3 Å². The Morgan fingerprint density at radius 3 is 2.28 bits per heavy atom. The van der Waals surface area contributed by atoms with Crippen molar-refractivity contribution in [1.82, 2.24) is 4.90 Å². The highest BCUT2D eigenvalue weighted by Crippen LogP contribution is 2.30. The van der Waals surface area contributed by atoms with E-state index in [9.17, 15) is 14.4 Å². The van der Waals surface area contributed by atoms with Gasteiger partial charge < -0.3 is 14.4 Å². The summed E-state index contributed by atoms with van der Waals surface area (Å²) in [6, 6.07) is 9.29. The molecule has 0 N–H and O–H groups in total. The van der Waals surface area contributed by atoms with Gasteiger partial charge in [0.05, 0.1) is 6.04 Å². The highest BCUT2D eigenvalue weighted by atomic mass is 16.6. The van der Waals surface area contributed by atoms with Crippen molar-refractivity contribution in [2.75, 3.05) is 0 Å². The summed E-state index contributed by atoms with van der Waals surface area (Å²) in [6.45, 7) is 5.00. The average Bonchev–Trinajstić information content (AvgIpc) is 2.78. The Labute approximate surface area is 148 Å². The minimum atomic E-state index is -1.08. The molecule has 0 aromatic heterocycles. The van der Waals surface area contributed by atoms with Crippen molar-refractivity contribution in [3.8, 4) is 0 Å². The van der Waals surface area contributed by atoms with Gasteiger partial charge in [0, 0.05) is 20.4 Å². The molecule has 1 aromatic carbocycles. The minimum absolute atomic E-state index is 0.305. The molecule has 136 valence electrons. The molecule has 1 aliphatic heterocycles. The van der Waals surface area contributed by atoms with E-state index in [1.165, 1.54) is 13.8 Å². The van der Waals surface area contributed by atoms with Crippen LogP contribution in [0.2, 0.25) is 0 Å². The predicted molar refractivity (Wildman–Crippen MR) is 91.4 cm³/mol. The molecule has 1 amide bonds. The van der Waals surface area contributed by atoms with Crippen LogP contribution in [0.15, 0.2) is 30.3 Å². The molecule has 1 unspecified atom stereocenters. The van der Waals surface area contributed by atoms with E-state index in [2.05, 4.69) is 6.92 Å². The van der Waals surface area contributed by atoms with Gasteiger partial charge >= 0.3 is 11.9 Å². The smallest absolute Gasteiger partial charge is 0.303 e. The van der Waals surface area contributed by atoms with Crippen LogP contribution >= 0.6 is 0 Å². The van der Waals surface area contributed by atoms with Gasteiger partial charge in [-0.2, -0.15) is 0 Å². The van der Waals surface area contributed by atoms with Crippen molar-refractivity contribution in [3.63, 3.8) is 0 Å². The van der Waals surface area contributed by atoms with Gasteiger partial charge in [-0.3, -0.25) is 14.4 Å². The number of carbonyl (C=O) groups excluding carboxylic acids is 3. The molecule has 2 rings (SSSR count). The fourth-order valence-electron chi connectivity index (χ4n) is 3.18. The van der Waals surface area contributed by atoms with E-state index in [-0.39, 0.29) is 11.9 Å². The maximum Gasteiger partial charge on any atom is 0.303 e. The second kappa shape index (κ2) is 8.65. The first-order valence-corrected chi connectivity index (χ1v) is 8.62. The summed E-state index contributed by atoms with van der Waals surface area (Å²) in [6.07, 6.45) is 0.670. The maximum absolute atomic E-state index is 12.9. The normalized spacial score (nSPS) is 22.8. The molecule has 1 heterocycles. The van der Waals surface area contributed by atoms with Crippen molar-refractivity contribution in [2.24, 2.45) is 0 Å². The third-order valence-electron chi connectivity index (χ3n) is 4.25. The Morgan fingerprint density at radius 1 is 1.08 bits per heavy atom. The van der Waals surface area contributed by atoms with Crippen molar-refractivity contribution in [2.45, 2.75) is 64.8 Å². The number of unbranched alkanes of at least 4 members (excludes halogenated alkanes) is 1. The van der Waals surface area contributed by atoms with E-state index in [1.54, 1.807) is 4.90 Å². The molecular formula is C19H25NO5. The first-order chi connectivity index (χ1) is 11.9. The molecule has 1 saturated heterocycles. The number of amides is 1. The van der Waals surface area contributed by atoms with Crippen LogP contribution in [-0.4, -0.2) is 41.0 Å². The summed E-state index contributed by atoms with van der Waals surface area (Å²) in [7, 11) is 0. The Morgan fingerprint density at radius 2 is 1.72 bits per heavy atom. The zero-order chi connectivity index (χ0) is 18.4. The fourth-order valence-corrected chi connectivity index (χ4v) is 3.18. The molecule has 6 heteroatoms. The van der Waals surface area contributed by atoms with E-state index in [0.29, 0.717) is 13.0 Å². The largest absolute Gasteiger partial charge is 0.456 e. The zero-order valence-electron chi connectivity index (χ0n) is 14.9. The van der Waals surface area contributed by atoms with Gasteiger partial charge in [0.2, 0.25) is 6.10 Å². The number of hydrogen-bond acceptors (Lipinski definition) is 5. The van der Waals surface area contributed by atoms with Gasteiger partial charge in [0.1, 0.15) is 0 Å². The van der Waals surface area contributed by atoms with Crippen LogP contribution in [-0.2, 0) is 30.4 Å². The second-order valence-electron chi connectivity index (χ2n) is 6.27. The Balaban J connectivity index is 2.30. The molecule has 0 saturated carbocycles. The Hall–Kier alpha value is -2.37. The van der Waals surface area contributed by atoms with Crippen LogP contribution in [0.4, 0.5) is 0 Å². The van der Waals surface area contributed by atoms with Crippen molar-refractivity contribution < 1.29 is 23.9 Å². The van der Waals surface area contributed by atoms with E-state index in [4.69, 9.17) is 9.47 Å². The number of rotatable bonds is 7. The lowest BCUT2D eigenvalue weighted by molar-refractivity contribution is -0.166. The molecule has 25 heavy (non-hydrogen) atoms. The molecule has 0 spiro atoms. The van der Waals surface area contributed by atoms with E-state index >= 15 is 0 Å². The fraction of sp³-hybridized carbons (Fsp3) is 0.526. The summed E-state index contributed by atoms with van der Waals surface area (Å²) in [4.78, 5) is 37.5. The Bertz CT molecular complexity index is 616. The van der Waals surface area contributed by atoms with Gasteiger partial charge in [0.15, 0.2) is 6.10 Å². The van der Waals surface area contributed by atoms with E-state index < -0.39 is 24.1 Å². The van der Waals surface area contributed by atoms with Gasteiger partial charge in [-0.05, 0) is 12.0 Å². The first-order valence-electron chi connectivity index (χ1n) is 8.62. The lowest BCUT2D eigenvalue weighted by atomic mass is 10.0. The van der Waals surface area contributed by atoms with Gasteiger partial charge in [-0.15, -0.1) is 0 Å². The third kappa shape index (κ3) is 4.81. The minimum Gasteiger partial charge on any atom is -0.456 e. The molecule has 1 aromatic rings. The highest BCUT2D eigenvalue weighted by molar-refractivity contribution is 5.87. The molecular weight excluding hydrogens is 322 g/mol. The number of nitrogens with zero attached hydrogens (tertiary/aromatic N) is 1. The second-order valence-corrected chi connectivity index (χ2v) is 6.27. The van der Waals surface area contributed by atoms with Gasteiger partial charge in [0.25, 0.3) is 5.91 Å². The molecule has 3 atom stereocenters. The Kier molecular flexibility index (Phi) is 6.56. The molecule has 0 aliphatic carbocycles. The average molecular weight is 347 g/mol. The SMILES string of the molecule is CCCCC1[C@H](OC(C)=O)[C@@H](OC(C)=O)C(=O)N1Cc1ccccc1. The van der Waals surface area contributed by atoms with E-state index in [0.717, 1.165) is 18.4 Å². The third-order valence-corrected chi connectivity index (χ3v) is 4.25. The summed E-state index contributed by atoms with van der Waals surface area (Å²) in [5.74, 6) is -1.37. The molecule has 0 radical (unpaired) electrons. The summed E-state index contributed by atoms with van der Waals surface area (Å²) < 4.78 is 10.6. The van der Waals surface area contributed by atoms with Crippen molar-refractivity contribution in [1.29, 1.82) is 0 Å². The summed E-state index contributed by atoms with van der Waals surface area (Å²) in [5, 5.41) is 0. The number of benzene rings is 1. The topological polar surface area (TPSA) is 72.9 Å². The van der Waals surface area contributed by atoms with Crippen LogP contribution < -0.4 is 0 Å². The quantitative estimate of drug-likeness (QED) is 0.709. The first kappa shape index (κ1) is 19.0. The number of ether oxygens (including phenoxy) is 2. The van der Waals surface area contributed by atoms with Gasteiger partial charge in [-0.25, -0.2) is 0 Å². The van der Waals surface area contributed by atoms with Crippen LogP contribution in [0, 0.1) is 0 Å². The van der Waals surface area contributed by atoms with Gasteiger partial charge in [-0.1, -0.05) is 50.1 Å². The number of likely N-dealkylation sites (tertiary alicyclic amines) is 1. The highest BCUT2D eigenvalue weighted by Gasteiger charge is 2.51. The number of hydrogen-bond donors (Lipinski definition) is 0. The molecule has 0 bridgehead atoms. The molecule has 1 fully saturated rings.